The highest BCUT2D eigenvalue weighted by molar-refractivity contribution is 5.31. The summed E-state index contributed by atoms with van der Waals surface area (Å²) in [5.41, 5.74) is 9.74. The fourth-order valence-corrected chi connectivity index (χ4v) is 1.21. The molecule has 2 heteroatoms. The third kappa shape index (κ3) is 0.754. The molecule has 0 atom stereocenters. The first-order valence-electron chi connectivity index (χ1n) is 3.28. The Morgan fingerprint density at radius 1 is 1.56 bits per heavy atom. The Hall–Kier alpha value is -0.760. The number of hydrogen-bond acceptors (Lipinski definition) is 1. The first-order chi connectivity index (χ1) is 4.47. The third-order valence-corrected chi connectivity index (χ3v) is 1.75. The van der Waals surface area contributed by atoms with Crippen molar-refractivity contribution in [2.75, 3.05) is 6.54 Å². The van der Waals surface area contributed by atoms with Crippen LogP contribution in [0.1, 0.15) is 12.8 Å². The number of nitrogens with one attached hydrogen (secondary N) is 1. The van der Waals surface area contributed by atoms with Crippen LogP contribution < -0.4 is 10.9 Å². The van der Waals surface area contributed by atoms with Gasteiger partial charge in [0, 0.05) is 0 Å². The van der Waals surface area contributed by atoms with Crippen LogP contribution in [-0.4, -0.2) is 6.54 Å². The van der Waals surface area contributed by atoms with Gasteiger partial charge in [0.15, 0.2) is 0 Å². The Bertz CT molecular complexity index is 179. The monoisotopic (exact) mass is 121 g/mol. The normalized spacial score (nSPS) is 24.0. The minimum atomic E-state index is 0.902. The number of allylic oxidation sites excluding steroid dienone is 2. The van der Waals surface area contributed by atoms with Gasteiger partial charge in [-0.05, 0) is 24.5 Å². The molecular weight excluding hydrogens is 112 g/mol. The maximum Gasteiger partial charge on any atom is 0.0592 e. The van der Waals surface area contributed by atoms with Crippen LogP contribution in [-0.2, 0) is 0 Å². The van der Waals surface area contributed by atoms with Crippen molar-refractivity contribution in [3.63, 3.8) is 0 Å². The zero-order valence-electron chi connectivity index (χ0n) is 5.22. The highest BCUT2D eigenvalue weighted by Gasteiger charge is 2.13. The van der Waals surface area contributed by atoms with Gasteiger partial charge < -0.3 is 5.43 Å². The predicted molar refractivity (Wildman–Crippen MR) is 35.5 cm³/mol. The van der Waals surface area contributed by atoms with Crippen molar-refractivity contribution in [1.29, 1.82) is 0 Å². The molecule has 2 rings (SSSR count). The summed E-state index contributed by atoms with van der Waals surface area (Å²) < 4.78 is 0. The molecule has 0 bridgehead atoms. The molecule has 2 nitrogen and oxygen atoms in total. The molecule has 1 aliphatic carbocycles. The Morgan fingerprint density at radius 3 is 3.44 bits per heavy atom. The lowest BCUT2D eigenvalue weighted by Crippen LogP contribution is -2.14. The Balaban J connectivity index is 2.28. The number of hydrogen-bond donors (Lipinski definition) is 1. The van der Waals surface area contributed by atoms with Crippen molar-refractivity contribution < 1.29 is 0 Å². The molecule has 1 radical (unpaired) electrons. The van der Waals surface area contributed by atoms with E-state index in [-0.39, 0.29) is 0 Å². The zero-order chi connectivity index (χ0) is 6.10. The van der Waals surface area contributed by atoms with Crippen LogP contribution in [0.3, 0.4) is 0 Å². The van der Waals surface area contributed by atoms with Crippen molar-refractivity contribution in [3.05, 3.63) is 23.4 Å². The molecule has 1 heterocycles. The van der Waals surface area contributed by atoms with Crippen molar-refractivity contribution in [2.24, 2.45) is 0 Å². The maximum atomic E-state index is 4.05. The summed E-state index contributed by atoms with van der Waals surface area (Å²) in [5, 5.41) is 0. The SMILES string of the molecule is C1=CC2=C(CC1)C[N]N2. The summed E-state index contributed by atoms with van der Waals surface area (Å²) in [4.78, 5) is 0. The summed E-state index contributed by atoms with van der Waals surface area (Å²) in [6, 6.07) is 0. The molecule has 0 saturated heterocycles. The van der Waals surface area contributed by atoms with E-state index in [1.807, 2.05) is 0 Å². The molecule has 47 valence electrons. The van der Waals surface area contributed by atoms with Crippen molar-refractivity contribution in [1.82, 2.24) is 10.9 Å². The van der Waals surface area contributed by atoms with Crippen LogP contribution in [0.15, 0.2) is 23.4 Å². The molecule has 0 aromatic rings. The third-order valence-electron chi connectivity index (χ3n) is 1.75. The molecule has 0 saturated carbocycles. The standard InChI is InChI=1S/C7H9N2/c1-2-4-7-6(3-1)5-8-9-7/h2,4,9H,1,3,5H2. The van der Waals surface area contributed by atoms with Gasteiger partial charge in [0.1, 0.15) is 0 Å². The Morgan fingerprint density at radius 2 is 2.56 bits per heavy atom. The fourth-order valence-electron chi connectivity index (χ4n) is 1.21. The topological polar surface area (TPSA) is 26.1 Å². The predicted octanol–water partition coefficient (Wildman–Crippen LogP) is 0.713. The molecule has 2 aliphatic rings. The van der Waals surface area contributed by atoms with Gasteiger partial charge in [-0.15, -0.1) is 5.43 Å². The summed E-state index contributed by atoms with van der Waals surface area (Å²) in [6.45, 7) is 0.902. The molecule has 0 spiro atoms. The lowest BCUT2D eigenvalue weighted by atomic mass is 10.0. The minimum absolute atomic E-state index is 0.902. The lowest BCUT2D eigenvalue weighted by Gasteiger charge is -2.03. The molecular formula is C7H9N2. The van der Waals surface area contributed by atoms with Crippen molar-refractivity contribution in [3.8, 4) is 0 Å². The summed E-state index contributed by atoms with van der Waals surface area (Å²) >= 11 is 0. The van der Waals surface area contributed by atoms with Crippen molar-refractivity contribution >= 4 is 0 Å². The second kappa shape index (κ2) is 1.88. The average Bonchev–Trinajstić information content (AvgIpc) is 2.33. The maximum absolute atomic E-state index is 4.05. The minimum Gasteiger partial charge on any atom is -0.304 e. The van der Waals surface area contributed by atoms with Gasteiger partial charge in [-0.3, -0.25) is 0 Å². The highest BCUT2D eigenvalue weighted by Crippen LogP contribution is 2.18. The number of nitrogens with zero attached hydrogens (tertiary/aromatic N) is 1. The van der Waals surface area contributed by atoms with Crippen LogP contribution in [0.2, 0.25) is 0 Å². The van der Waals surface area contributed by atoms with E-state index in [1.165, 1.54) is 24.1 Å². The van der Waals surface area contributed by atoms with Crippen molar-refractivity contribution in [2.45, 2.75) is 12.8 Å². The smallest absolute Gasteiger partial charge is 0.0592 e. The van der Waals surface area contributed by atoms with Crippen LogP contribution in [0, 0.1) is 0 Å². The van der Waals surface area contributed by atoms with Crippen LogP contribution >= 0.6 is 0 Å². The van der Waals surface area contributed by atoms with E-state index in [2.05, 4.69) is 23.0 Å². The average molecular weight is 121 g/mol. The second-order valence-corrected chi connectivity index (χ2v) is 2.39. The van der Waals surface area contributed by atoms with Crippen LogP contribution in [0.25, 0.3) is 0 Å². The first-order valence-corrected chi connectivity index (χ1v) is 3.28. The van der Waals surface area contributed by atoms with E-state index >= 15 is 0 Å². The van der Waals surface area contributed by atoms with Gasteiger partial charge >= 0.3 is 0 Å². The number of rotatable bonds is 0. The van der Waals surface area contributed by atoms with Gasteiger partial charge in [-0.1, -0.05) is 6.08 Å². The van der Waals surface area contributed by atoms with E-state index in [0.717, 1.165) is 6.54 Å². The first kappa shape index (κ1) is 5.06. The van der Waals surface area contributed by atoms with Gasteiger partial charge in [0.25, 0.3) is 0 Å². The Kier molecular flexibility index (Phi) is 1.06. The molecule has 0 unspecified atom stereocenters. The molecule has 1 N–H and O–H groups in total. The van der Waals surface area contributed by atoms with E-state index in [0.29, 0.717) is 0 Å². The molecule has 0 amide bonds. The van der Waals surface area contributed by atoms with Gasteiger partial charge in [-0.25, -0.2) is 0 Å². The molecule has 1 aliphatic heterocycles. The molecule has 0 aromatic heterocycles. The quantitative estimate of drug-likeness (QED) is 0.502. The van der Waals surface area contributed by atoms with E-state index in [9.17, 15) is 0 Å². The van der Waals surface area contributed by atoms with E-state index in [4.69, 9.17) is 0 Å². The fraction of sp³-hybridized carbons (Fsp3) is 0.429. The van der Waals surface area contributed by atoms with Gasteiger partial charge in [-0.2, -0.15) is 0 Å². The van der Waals surface area contributed by atoms with E-state index < -0.39 is 0 Å². The molecule has 9 heavy (non-hydrogen) atoms. The second-order valence-electron chi connectivity index (χ2n) is 2.39. The van der Waals surface area contributed by atoms with Gasteiger partial charge in [0.2, 0.25) is 0 Å². The zero-order valence-corrected chi connectivity index (χ0v) is 5.22. The van der Waals surface area contributed by atoms with Gasteiger partial charge in [0.05, 0.1) is 12.2 Å². The van der Waals surface area contributed by atoms with Crippen LogP contribution in [0.5, 0.6) is 0 Å². The largest absolute Gasteiger partial charge is 0.304 e. The summed E-state index contributed by atoms with van der Waals surface area (Å²) in [5.74, 6) is 0. The van der Waals surface area contributed by atoms with E-state index in [1.54, 1.807) is 0 Å². The molecule has 0 fully saturated rings. The summed E-state index contributed by atoms with van der Waals surface area (Å²) in [7, 11) is 0. The lowest BCUT2D eigenvalue weighted by molar-refractivity contribution is 0.688. The molecule has 0 aromatic carbocycles. The summed E-state index contributed by atoms with van der Waals surface area (Å²) in [6.07, 6.45) is 6.69. The van der Waals surface area contributed by atoms with Crippen LogP contribution in [0.4, 0.5) is 0 Å². The highest BCUT2D eigenvalue weighted by atomic mass is 15.4. The Labute approximate surface area is 54.6 Å².